The SMILES string of the molecule is COC(=O)c1c(NC(=O)CSc2nnc(C)n2C(C)C)sc2c1CCCCC2. The van der Waals surface area contributed by atoms with Crippen molar-refractivity contribution in [3.63, 3.8) is 0 Å². The Bertz CT molecular complexity index is 873. The minimum atomic E-state index is -0.377. The van der Waals surface area contributed by atoms with Gasteiger partial charge in [-0.15, -0.1) is 21.5 Å². The van der Waals surface area contributed by atoms with Crippen LogP contribution in [-0.4, -0.2) is 39.5 Å². The highest BCUT2D eigenvalue weighted by atomic mass is 32.2. The first-order valence-corrected chi connectivity index (χ1v) is 11.3. The number of anilines is 1. The molecule has 2 aromatic heterocycles. The second-order valence-corrected chi connectivity index (χ2v) is 9.14. The molecule has 9 heteroatoms. The van der Waals surface area contributed by atoms with Crippen molar-refractivity contribution in [2.45, 2.75) is 64.1 Å². The molecular weight excluding hydrogens is 396 g/mol. The van der Waals surface area contributed by atoms with Gasteiger partial charge in [0.15, 0.2) is 5.16 Å². The maximum Gasteiger partial charge on any atom is 0.341 e. The highest BCUT2D eigenvalue weighted by molar-refractivity contribution is 7.99. The van der Waals surface area contributed by atoms with E-state index in [9.17, 15) is 9.59 Å². The molecule has 2 aromatic rings. The molecule has 28 heavy (non-hydrogen) atoms. The summed E-state index contributed by atoms with van der Waals surface area (Å²) in [6, 6.07) is 0.222. The number of carbonyl (C=O) groups excluding carboxylic acids is 2. The number of rotatable bonds is 6. The second kappa shape index (κ2) is 9.09. The third-order valence-electron chi connectivity index (χ3n) is 4.75. The summed E-state index contributed by atoms with van der Waals surface area (Å²) in [6.45, 7) is 6.02. The van der Waals surface area contributed by atoms with Gasteiger partial charge in [-0.25, -0.2) is 4.79 Å². The first kappa shape index (κ1) is 20.9. The zero-order valence-corrected chi connectivity index (χ0v) is 18.3. The maximum atomic E-state index is 12.6. The number of ether oxygens (including phenoxy) is 1. The molecule has 1 aliphatic carbocycles. The number of aromatic nitrogens is 3. The molecule has 0 radical (unpaired) electrons. The number of methoxy groups -OCH3 is 1. The molecule has 1 amide bonds. The van der Waals surface area contributed by atoms with E-state index in [1.807, 2.05) is 11.5 Å². The van der Waals surface area contributed by atoms with Gasteiger partial charge in [-0.2, -0.15) is 0 Å². The fourth-order valence-corrected chi connectivity index (χ4v) is 5.69. The maximum absolute atomic E-state index is 12.6. The summed E-state index contributed by atoms with van der Waals surface area (Å²) in [5.74, 6) is 0.488. The van der Waals surface area contributed by atoms with Crippen LogP contribution in [-0.2, 0) is 22.4 Å². The number of hydrogen-bond acceptors (Lipinski definition) is 7. The Kier molecular flexibility index (Phi) is 6.77. The number of nitrogens with one attached hydrogen (secondary N) is 1. The second-order valence-electron chi connectivity index (χ2n) is 7.09. The molecule has 1 aliphatic rings. The van der Waals surface area contributed by atoms with E-state index in [4.69, 9.17) is 4.74 Å². The predicted molar refractivity (Wildman–Crippen MR) is 111 cm³/mol. The number of nitrogens with zero attached hydrogens (tertiary/aromatic N) is 3. The van der Waals surface area contributed by atoms with Crippen LogP contribution in [0.5, 0.6) is 0 Å². The van der Waals surface area contributed by atoms with Crippen molar-refractivity contribution >= 4 is 40.0 Å². The van der Waals surface area contributed by atoms with E-state index in [2.05, 4.69) is 29.4 Å². The number of fused-ring (bicyclic) bond motifs is 1. The molecular formula is C19H26N4O3S2. The average molecular weight is 423 g/mol. The van der Waals surface area contributed by atoms with Crippen molar-refractivity contribution in [2.24, 2.45) is 0 Å². The van der Waals surface area contributed by atoms with Gasteiger partial charge in [-0.1, -0.05) is 18.2 Å². The number of esters is 1. The summed E-state index contributed by atoms with van der Waals surface area (Å²) in [7, 11) is 1.38. The highest BCUT2D eigenvalue weighted by Crippen LogP contribution is 2.38. The fraction of sp³-hybridized carbons (Fsp3) is 0.579. The minimum absolute atomic E-state index is 0.164. The largest absolute Gasteiger partial charge is 0.465 e. The van der Waals surface area contributed by atoms with Crippen molar-refractivity contribution < 1.29 is 14.3 Å². The standard InChI is InChI=1S/C19H26N4O3S2/c1-11(2)23-12(3)21-22-19(23)27-10-15(24)20-17-16(18(25)26-4)13-8-6-5-7-9-14(13)28-17/h11H,5-10H2,1-4H3,(H,20,24). The van der Waals surface area contributed by atoms with Gasteiger partial charge in [0.1, 0.15) is 10.8 Å². The number of amides is 1. The Labute approximate surface area is 173 Å². The molecule has 0 unspecified atom stereocenters. The van der Waals surface area contributed by atoms with Gasteiger partial charge in [-0.05, 0) is 52.0 Å². The molecule has 0 aromatic carbocycles. The number of aryl methyl sites for hydroxylation is 2. The first-order valence-electron chi connectivity index (χ1n) is 9.49. The molecule has 0 fully saturated rings. The lowest BCUT2D eigenvalue weighted by atomic mass is 10.1. The Balaban J connectivity index is 1.74. The Morgan fingerprint density at radius 1 is 1.25 bits per heavy atom. The predicted octanol–water partition coefficient (Wildman–Crippen LogP) is 4.02. The van der Waals surface area contributed by atoms with Crippen molar-refractivity contribution in [1.82, 2.24) is 14.8 Å². The van der Waals surface area contributed by atoms with Gasteiger partial charge < -0.3 is 14.6 Å². The summed E-state index contributed by atoms with van der Waals surface area (Å²) >= 11 is 2.85. The molecule has 0 spiro atoms. The van der Waals surface area contributed by atoms with Crippen molar-refractivity contribution in [3.05, 3.63) is 21.8 Å². The van der Waals surface area contributed by atoms with Gasteiger partial charge >= 0.3 is 5.97 Å². The van der Waals surface area contributed by atoms with Crippen LogP contribution in [0, 0.1) is 6.92 Å². The van der Waals surface area contributed by atoms with Crippen molar-refractivity contribution in [2.75, 3.05) is 18.2 Å². The molecule has 2 heterocycles. The number of carbonyl (C=O) groups is 2. The minimum Gasteiger partial charge on any atom is -0.465 e. The van der Waals surface area contributed by atoms with Crippen LogP contribution in [0.3, 0.4) is 0 Å². The van der Waals surface area contributed by atoms with Crippen LogP contribution in [0.15, 0.2) is 5.16 Å². The highest BCUT2D eigenvalue weighted by Gasteiger charge is 2.26. The first-order chi connectivity index (χ1) is 13.4. The number of hydrogen-bond donors (Lipinski definition) is 1. The third kappa shape index (κ3) is 4.41. The molecule has 1 N–H and O–H groups in total. The van der Waals surface area contributed by atoms with Gasteiger partial charge in [-0.3, -0.25) is 4.79 Å². The third-order valence-corrected chi connectivity index (χ3v) is 6.90. The summed E-state index contributed by atoms with van der Waals surface area (Å²) in [6.07, 6.45) is 5.14. The van der Waals surface area contributed by atoms with E-state index in [0.717, 1.165) is 48.6 Å². The smallest absolute Gasteiger partial charge is 0.341 e. The zero-order valence-electron chi connectivity index (χ0n) is 16.7. The normalized spacial score (nSPS) is 13.9. The Hall–Kier alpha value is -1.87. The molecule has 0 bridgehead atoms. The van der Waals surface area contributed by atoms with E-state index in [1.54, 1.807) is 0 Å². The van der Waals surface area contributed by atoms with Crippen LogP contribution in [0.25, 0.3) is 0 Å². The average Bonchev–Trinajstić information content (AvgIpc) is 3.10. The number of thiophene rings is 1. The van der Waals surface area contributed by atoms with Gasteiger partial charge in [0.2, 0.25) is 5.91 Å². The van der Waals surface area contributed by atoms with E-state index in [0.29, 0.717) is 10.6 Å². The molecule has 7 nitrogen and oxygen atoms in total. The van der Waals surface area contributed by atoms with E-state index in [-0.39, 0.29) is 23.7 Å². The fourth-order valence-electron chi connectivity index (χ4n) is 3.48. The zero-order chi connectivity index (χ0) is 20.3. The lowest BCUT2D eigenvalue weighted by Crippen LogP contribution is -2.17. The van der Waals surface area contributed by atoms with E-state index >= 15 is 0 Å². The summed E-state index contributed by atoms with van der Waals surface area (Å²) in [5.41, 5.74) is 1.58. The molecule has 0 aliphatic heterocycles. The van der Waals surface area contributed by atoms with Crippen LogP contribution < -0.4 is 5.32 Å². The van der Waals surface area contributed by atoms with Gasteiger partial charge in [0.05, 0.1) is 18.4 Å². The summed E-state index contributed by atoms with van der Waals surface area (Å²) < 4.78 is 6.99. The Morgan fingerprint density at radius 2 is 2.00 bits per heavy atom. The molecule has 0 atom stereocenters. The van der Waals surface area contributed by atoms with Crippen LogP contribution in [0.2, 0.25) is 0 Å². The topological polar surface area (TPSA) is 86.1 Å². The Morgan fingerprint density at radius 3 is 2.71 bits per heavy atom. The van der Waals surface area contributed by atoms with Crippen LogP contribution >= 0.6 is 23.1 Å². The summed E-state index contributed by atoms with van der Waals surface area (Å²) in [5, 5.41) is 12.5. The van der Waals surface area contributed by atoms with Crippen LogP contribution in [0.1, 0.15) is 65.8 Å². The quantitative estimate of drug-likeness (QED) is 0.430. The summed E-state index contributed by atoms with van der Waals surface area (Å²) in [4.78, 5) is 26.1. The lowest BCUT2D eigenvalue weighted by molar-refractivity contribution is -0.113. The van der Waals surface area contributed by atoms with Crippen LogP contribution in [0.4, 0.5) is 5.00 Å². The van der Waals surface area contributed by atoms with E-state index in [1.165, 1.54) is 35.1 Å². The van der Waals surface area contributed by atoms with E-state index < -0.39 is 0 Å². The monoisotopic (exact) mass is 422 g/mol. The molecule has 3 rings (SSSR count). The lowest BCUT2D eigenvalue weighted by Gasteiger charge is -2.11. The van der Waals surface area contributed by atoms with Gasteiger partial charge in [0.25, 0.3) is 0 Å². The van der Waals surface area contributed by atoms with Crippen molar-refractivity contribution in [1.29, 1.82) is 0 Å². The molecule has 152 valence electrons. The molecule has 0 saturated heterocycles. The van der Waals surface area contributed by atoms with Crippen molar-refractivity contribution in [3.8, 4) is 0 Å². The molecule has 0 saturated carbocycles. The number of thioether (sulfide) groups is 1. The van der Waals surface area contributed by atoms with Gasteiger partial charge in [0, 0.05) is 10.9 Å².